The van der Waals surface area contributed by atoms with Gasteiger partial charge in [-0.3, -0.25) is 4.90 Å². The van der Waals surface area contributed by atoms with Gasteiger partial charge >= 0.3 is 5.97 Å². The van der Waals surface area contributed by atoms with E-state index >= 15 is 0 Å². The third-order valence-electron chi connectivity index (χ3n) is 6.23. The molecular formula is C22H26N2O4. The molecule has 148 valence electrons. The van der Waals surface area contributed by atoms with E-state index in [9.17, 15) is 9.90 Å². The molecule has 2 atom stereocenters. The molecule has 4 N–H and O–H groups in total. The number of nitrogens with zero attached hydrogens (tertiary/aromatic N) is 1. The summed E-state index contributed by atoms with van der Waals surface area (Å²) in [6, 6.07) is 15.4. The molecule has 2 aromatic rings. The summed E-state index contributed by atoms with van der Waals surface area (Å²) in [5, 5.41) is 19.8. The summed E-state index contributed by atoms with van der Waals surface area (Å²) in [5.41, 5.74) is 9.27. The van der Waals surface area contributed by atoms with E-state index in [-0.39, 0.29) is 18.1 Å². The second kappa shape index (κ2) is 7.54. The Morgan fingerprint density at radius 2 is 1.82 bits per heavy atom. The fraction of sp³-hybridized carbons (Fsp3) is 0.409. The first-order valence-corrected chi connectivity index (χ1v) is 9.69. The van der Waals surface area contributed by atoms with Crippen LogP contribution in [0.3, 0.4) is 0 Å². The van der Waals surface area contributed by atoms with Crippen LogP contribution in [0.2, 0.25) is 0 Å². The van der Waals surface area contributed by atoms with Crippen molar-refractivity contribution in [3.8, 4) is 5.75 Å². The minimum Gasteiger partial charge on any atom is -0.482 e. The molecule has 6 heteroatoms. The number of rotatable bonds is 5. The highest BCUT2D eigenvalue weighted by molar-refractivity contribution is 5.68. The van der Waals surface area contributed by atoms with Crippen molar-refractivity contribution >= 4 is 5.97 Å². The van der Waals surface area contributed by atoms with Crippen molar-refractivity contribution < 1.29 is 19.7 Å². The normalized spacial score (nSPS) is 23.5. The molecule has 0 amide bonds. The van der Waals surface area contributed by atoms with Crippen molar-refractivity contribution in [2.45, 2.75) is 36.9 Å². The van der Waals surface area contributed by atoms with Crippen LogP contribution < -0.4 is 10.5 Å². The van der Waals surface area contributed by atoms with E-state index in [1.165, 1.54) is 5.56 Å². The number of carboxylic acids is 1. The Bertz CT molecular complexity index is 861. The zero-order chi connectivity index (χ0) is 19.7. The number of fused-ring (bicyclic) bond motifs is 2. The standard InChI is InChI=1S/C22H26N2O4/c23-20-16-6-2-3-7-17(16)22(21(20)27)9-11-24(12-10-22)13-15-5-1-4-8-18(15)28-14-19(25)26/h1-8,20-21,27H,9-14,23H2,(H,25,26)/t20-,21+/m0/s1. The lowest BCUT2D eigenvalue weighted by atomic mass is 9.72. The summed E-state index contributed by atoms with van der Waals surface area (Å²) >= 11 is 0. The van der Waals surface area contributed by atoms with Crippen LogP contribution in [0, 0.1) is 0 Å². The molecule has 1 spiro atoms. The first-order chi connectivity index (χ1) is 13.5. The molecule has 1 aliphatic heterocycles. The van der Waals surface area contributed by atoms with Gasteiger partial charge in [-0.15, -0.1) is 0 Å². The number of carbonyl (C=O) groups is 1. The molecule has 1 saturated heterocycles. The summed E-state index contributed by atoms with van der Waals surface area (Å²) in [5.74, 6) is -0.376. The van der Waals surface area contributed by atoms with Gasteiger partial charge in [0.15, 0.2) is 6.61 Å². The van der Waals surface area contributed by atoms with Crippen LogP contribution in [0.1, 0.15) is 35.6 Å². The second-order valence-corrected chi connectivity index (χ2v) is 7.78. The molecule has 1 heterocycles. The smallest absolute Gasteiger partial charge is 0.341 e. The van der Waals surface area contributed by atoms with E-state index in [2.05, 4.69) is 11.0 Å². The van der Waals surface area contributed by atoms with Crippen molar-refractivity contribution in [3.63, 3.8) is 0 Å². The molecule has 0 radical (unpaired) electrons. The fourth-order valence-corrected chi connectivity index (χ4v) is 4.75. The highest BCUT2D eigenvalue weighted by Gasteiger charge is 2.51. The quantitative estimate of drug-likeness (QED) is 0.733. The number of aliphatic hydroxyl groups is 1. The molecule has 0 saturated carbocycles. The van der Waals surface area contributed by atoms with Gasteiger partial charge in [0, 0.05) is 17.5 Å². The molecule has 0 bridgehead atoms. The lowest BCUT2D eigenvalue weighted by molar-refractivity contribution is -0.139. The number of benzene rings is 2. The Morgan fingerprint density at radius 1 is 1.14 bits per heavy atom. The number of ether oxygens (including phenoxy) is 1. The van der Waals surface area contributed by atoms with Gasteiger partial charge in [0.2, 0.25) is 0 Å². The van der Waals surface area contributed by atoms with Crippen LogP contribution in [0.25, 0.3) is 0 Å². The van der Waals surface area contributed by atoms with Crippen LogP contribution in [0.5, 0.6) is 5.75 Å². The van der Waals surface area contributed by atoms with E-state index in [0.717, 1.165) is 37.1 Å². The van der Waals surface area contributed by atoms with E-state index < -0.39 is 12.1 Å². The molecule has 0 aromatic heterocycles. The van der Waals surface area contributed by atoms with Crippen LogP contribution >= 0.6 is 0 Å². The van der Waals surface area contributed by atoms with Gasteiger partial charge in [0.05, 0.1) is 12.1 Å². The number of likely N-dealkylation sites (tertiary alicyclic amines) is 1. The van der Waals surface area contributed by atoms with Gasteiger partial charge in [-0.25, -0.2) is 4.79 Å². The molecule has 2 aromatic carbocycles. The summed E-state index contributed by atoms with van der Waals surface area (Å²) in [6.45, 7) is 2.02. The number of nitrogens with two attached hydrogens (primary N) is 1. The monoisotopic (exact) mass is 382 g/mol. The lowest BCUT2D eigenvalue weighted by Crippen LogP contribution is -2.48. The average molecular weight is 382 g/mol. The Balaban J connectivity index is 1.47. The Hall–Kier alpha value is -2.41. The molecular weight excluding hydrogens is 356 g/mol. The van der Waals surface area contributed by atoms with Crippen LogP contribution in [0.15, 0.2) is 48.5 Å². The maximum absolute atomic E-state index is 10.9. The summed E-state index contributed by atoms with van der Waals surface area (Å²) in [4.78, 5) is 13.1. The SMILES string of the molecule is N[C@H]1c2ccccc2C2(CCN(Cc3ccccc3OCC(=O)O)CC2)[C@@H]1O. The molecule has 1 aliphatic carbocycles. The Labute approximate surface area is 164 Å². The third kappa shape index (κ3) is 3.28. The molecule has 6 nitrogen and oxygen atoms in total. The van der Waals surface area contributed by atoms with Gasteiger partial charge < -0.3 is 20.7 Å². The van der Waals surface area contributed by atoms with Crippen molar-refractivity contribution in [1.82, 2.24) is 4.90 Å². The zero-order valence-electron chi connectivity index (χ0n) is 15.8. The minimum absolute atomic E-state index is 0.272. The predicted molar refractivity (Wildman–Crippen MR) is 105 cm³/mol. The predicted octanol–water partition coefficient (Wildman–Crippen LogP) is 2.06. The van der Waals surface area contributed by atoms with Crippen molar-refractivity contribution in [2.75, 3.05) is 19.7 Å². The maximum Gasteiger partial charge on any atom is 0.341 e. The largest absolute Gasteiger partial charge is 0.482 e. The topological polar surface area (TPSA) is 96.0 Å². The van der Waals surface area contributed by atoms with Gasteiger partial charge in [-0.1, -0.05) is 42.5 Å². The summed E-state index contributed by atoms with van der Waals surface area (Å²) in [7, 11) is 0. The van der Waals surface area contributed by atoms with Gasteiger partial charge in [-0.2, -0.15) is 0 Å². The van der Waals surface area contributed by atoms with E-state index in [1.807, 2.05) is 36.4 Å². The molecule has 0 unspecified atom stereocenters. The van der Waals surface area contributed by atoms with Crippen molar-refractivity contribution in [3.05, 3.63) is 65.2 Å². The Morgan fingerprint density at radius 3 is 2.57 bits per heavy atom. The highest BCUT2D eigenvalue weighted by atomic mass is 16.5. The van der Waals surface area contributed by atoms with E-state index in [1.54, 1.807) is 6.07 Å². The van der Waals surface area contributed by atoms with Crippen LogP contribution in [0.4, 0.5) is 0 Å². The van der Waals surface area contributed by atoms with Gasteiger partial charge in [0.25, 0.3) is 0 Å². The van der Waals surface area contributed by atoms with Crippen LogP contribution in [-0.4, -0.2) is 46.9 Å². The van der Waals surface area contributed by atoms with E-state index in [4.69, 9.17) is 15.6 Å². The number of hydrogen-bond donors (Lipinski definition) is 3. The number of carboxylic acid groups (broad SMARTS) is 1. The number of para-hydroxylation sites is 1. The summed E-state index contributed by atoms with van der Waals surface area (Å²) in [6.07, 6.45) is 1.13. The maximum atomic E-state index is 10.9. The van der Waals surface area contributed by atoms with Crippen molar-refractivity contribution in [1.29, 1.82) is 0 Å². The van der Waals surface area contributed by atoms with E-state index in [0.29, 0.717) is 12.3 Å². The second-order valence-electron chi connectivity index (χ2n) is 7.78. The summed E-state index contributed by atoms with van der Waals surface area (Å²) < 4.78 is 5.43. The number of aliphatic carboxylic acids is 1. The zero-order valence-corrected chi connectivity index (χ0v) is 15.8. The lowest BCUT2D eigenvalue weighted by Gasteiger charge is -2.42. The number of hydrogen-bond acceptors (Lipinski definition) is 5. The number of piperidine rings is 1. The first kappa shape index (κ1) is 18.9. The molecule has 28 heavy (non-hydrogen) atoms. The van der Waals surface area contributed by atoms with Crippen LogP contribution in [-0.2, 0) is 16.8 Å². The minimum atomic E-state index is -0.986. The van der Waals surface area contributed by atoms with Gasteiger partial charge in [-0.05, 0) is 43.1 Å². The van der Waals surface area contributed by atoms with Crippen molar-refractivity contribution in [2.24, 2.45) is 5.73 Å². The third-order valence-corrected chi connectivity index (χ3v) is 6.23. The highest BCUT2D eigenvalue weighted by Crippen LogP contribution is 2.50. The fourth-order valence-electron chi connectivity index (χ4n) is 4.75. The molecule has 4 rings (SSSR count). The first-order valence-electron chi connectivity index (χ1n) is 9.69. The van der Waals surface area contributed by atoms with Gasteiger partial charge in [0.1, 0.15) is 5.75 Å². The molecule has 1 fully saturated rings. The number of aliphatic hydroxyl groups excluding tert-OH is 1. The average Bonchev–Trinajstić information content (AvgIpc) is 2.91. The molecule has 2 aliphatic rings. The Kier molecular flexibility index (Phi) is 5.10.